The quantitative estimate of drug-likeness (QED) is 0.765. The molecular formula is C10H17NO3S. The van der Waals surface area contributed by atoms with Gasteiger partial charge < -0.3 is 10.5 Å². The third-order valence-corrected chi connectivity index (χ3v) is 4.85. The average Bonchev–Trinajstić information content (AvgIpc) is 2.74. The zero-order valence-electron chi connectivity index (χ0n) is 8.69. The van der Waals surface area contributed by atoms with Crippen LogP contribution in [0, 0.1) is 5.92 Å². The van der Waals surface area contributed by atoms with Crippen molar-refractivity contribution in [3.8, 4) is 0 Å². The van der Waals surface area contributed by atoms with Crippen LogP contribution < -0.4 is 5.73 Å². The van der Waals surface area contributed by atoms with E-state index in [4.69, 9.17) is 10.5 Å². The maximum absolute atomic E-state index is 11.3. The molecule has 0 amide bonds. The molecule has 4 nitrogen and oxygen atoms in total. The first-order valence-electron chi connectivity index (χ1n) is 5.36. The average molecular weight is 231 g/mol. The lowest BCUT2D eigenvalue weighted by Gasteiger charge is -2.16. The molecule has 2 unspecified atom stereocenters. The number of ether oxygens (including phenoxy) is 1. The molecule has 86 valence electrons. The summed E-state index contributed by atoms with van der Waals surface area (Å²) < 4.78 is 27.9. The Morgan fingerprint density at radius 1 is 1.60 bits per heavy atom. The summed E-state index contributed by atoms with van der Waals surface area (Å²) in [6.07, 6.45) is 4.41. The van der Waals surface area contributed by atoms with Crippen LogP contribution in [0.25, 0.3) is 0 Å². The van der Waals surface area contributed by atoms with Crippen LogP contribution in [0.15, 0.2) is 11.8 Å². The maximum Gasteiger partial charge on any atom is 0.150 e. The van der Waals surface area contributed by atoms with Gasteiger partial charge in [-0.3, -0.25) is 0 Å². The molecular weight excluding hydrogens is 214 g/mol. The predicted molar refractivity (Wildman–Crippen MR) is 58.0 cm³/mol. The highest BCUT2D eigenvalue weighted by atomic mass is 32.2. The number of hydrogen-bond acceptors (Lipinski definition) is 4. The van der Waals surface area contributed by atoms with Crippen LogP contribution in [0.2, 0.25) is 0 Å². The SMILES string of the molecule is NC(CC1CCS(=O)(=O)C1)C1=CCCO1. The van der Waals surface area contributed by atoms with E-state index in [1.54, 1.807) is 0 Å². The Morgan fingerprint density at radius 3 is 2.93 bits per heavy atom. The van der Waals surface area contributed by atoms with Crippen molar-refractivity contribution in [2.75, 3.05) is 18.1 Å². The molecule has 0 spiro atoms. The predicted octanol–water partition coefficient (Wildman–Crippen LogP) is 0.443. The minimum atomic E-state index is -2.78. The van der Waals surface area contributed by atoms with E-state index >= 15 is 0 Å². The van der Waals surface area contributed by atoms with Crippen LogP contribution in [-0.4, -0.2) is 32.6 Å². The van der Waals surface area contributed by atoms with E-state index in [0.717, 1.165) is 25.0 Å². The van der Waals surface area contributed by atoms with Crippen LogP contribution in [0.3, 0.4) is 0 Å². The first-order chi connectivity index (χ1) is 7.07. The first kappa shape index (κ1) is 11.0. The molecule has 0 aromatic heterocycles. The second-order valence-corrected chi connectivity index (χ2v) is 6.58. The fourth-order valence-electron chi connectivity index (χ4n) is 2.23. The van der Waals surface area contributed by atoms with E-state index in [0.29, 0.717) is 18.1 Å². The zero-order chi connectivity index (χ0) is 10.9. The van der Waals surface area contributed by atoms with E-state index in [1.807, 2.05) is 6.08 Å². The summed E-state index contributed by atoms with van der Waals surface area (Å²) in [5.41, 5.74) is 5.96. The summed E-state index contributed by atoms with van der Waals surface area (Å²) in [5, 5.41) is 0. The molecule has 2 aliphatic rings. The molecule has 2 atom stereocenters. The van der Waals surface area contributed by atoms with Crippen molar-refractivity contribution in [1.29, 1.82) is 0 Å². The van der Waals surface area contributed by atoms with Crippen LogP contribution in [0.5, 0.6) is 0 Å². The summed E-state index contributed by atoms with van der Waals surface area (Å²) in [7, 11) is -2.78. The van der Waals surface area contributed by atoms with E-state index in [2.05, 4.69) is 0 Å². The molecule has 0 aromatic rings. The molecule has 15 heavy (non-hydrogen) atoms. The number of rotatable bonds is 3. The molecule has 5 heteroatoms. The summed E-state index contributed by atoms with van der Waals surface area (Å²) in [6, 6.07) is -0.120. The second kappa shape index (κ2) is 4.14. The van der Waals surface area contributed by atoms with Gasteiger partial charge in [-0.25, -0.2) is 8.42 Å². The van der Waals surface area contributed by atoms with Gasteiger partial charge in [0.25, 0.3) is 0 Å². The minimum Gasteiger partial charge on any atom is -0.496 e. The summed E-state index contributed by atoms with van der Waals surface area (Å²) >= 11 is 0. The standard InChI is InChI=1S/C10H17NO3S/c11-9(10-2-1-4-14-10)6-8-3-5-15(12,13)7-8/h2,8-9H,1,3-7,11H2. The van der Waals surface area contributed by atoms with Crippen LogP contribution in [0.4, 0.5) is 0 Å². The van der Waals surface area contributed by atoms with Crippen molar-refractivity contribution in [2.24, 2.45) is 11.7 Å². The summed E-state index contributed by atoms with van der Waals surface area (Å²) in [4.78, 5) is 0. The Morgan fingerprint density at radius 2 is 2.40 bits per heavy atom. The molecule has 0 aromatic carbocycles. The monoisotopic (exact) mass is 231 g/mol. The topological polar surface area (TPSA) is 69.4 Å². The highest BCUT2D eigenvalue weighted by Gasteiger charge is 2.30. The van der Waals surface area contributed by atoms with Crippen LogP contribution in [0.1, 0.15) is 19.3 Å². The van der Waals surface area contributed by atoms with Gasteiger partial charge in [-0.2, -0.15) is 0 Å². The molecule has 0 radical (unpaired) electrons. The molecule has 2 aliphatic heterocycles. The van der Waals surface area contributed by atoms with Gasteiger partial charge in [0.2, 0.25) is 0 Å². The highest BCUT2D eigenvalue weighted by Crippen LogP contribution is 2.25. The second-order valence-electron chi connectivity index (χ2n) is 4.35. The Kier molecular flexibility index (Phi) is 3.02. The van der Waals surface area contributed by atoms with E-state index in [-0.39, 0.29) is 12.0 Å². The number of nitrogens with two attached hydrogens (primary N) is 1. The molecule has 2 rings (SSSR count). The molecule has 0 bridgehead atoms. The Hall–Kier alpha value is -0.550. The molecule has 2 N–H and O–H groups in total. The third kappa shape index (κ3) is 2.72. The van der Waals surface area contributed by atoms with Crippen molar-refractivity contribution < 1.29 is 13.2 Å². The maximum atomic E-state index is 11.3. The van der Waals surface area contributed by atoms with E-state index < -0.39 is 9.84 Å². The lowest BCUT2D eigenvalue weighted by molar-refractivity contribution is 0.217. The fraction of sp³-hybridized carbons (Fsp3) is 0.800. The highest BCUT2D eigenvalue weighted by molar-refractivity contribution is 7.91. The smallest absolute Gasteiger partial charge is 0.150 e. The van der Waals surface area contributed by atoms with Crippen LogP contribution >= 0.6 is 0 Å². The van der Waals surface area contributed by atoms with E-state index in [9.17, 15) is 8.42 Å². The molecule has 1 saturated heterocycles. The normalized spacial score (nSPS) is 31.0. The van der Waals surface area contributed by atoms with Gasteiger partial charge in [-0.05, 0) is 24.8 Å². The summed E-state index contributed by atoms with van der Waals surface area (Å²) in [6.45, 7) is 0.714. The summed E-state index contributed by atoms with van der Waals surface area (Å²) in [5.74, 6) is 1.69. The van der Waals surface area contributed by atoms with Gasteiger partial charge in [0.05, 0.1) is 24.2 Å². The number of hydrogen-bond donors (Lipinski definition) is 1. The van der Waals surface area contributed by atoms with Crippen molar-refractivity contribution in [1.82, 2.24) is 0 Å². The van der Waals surface area contributed by atoms with Gasteiger partial charge in [-0.1, -0.05) is 0 Å². The van der Waals surface area contributed by atoms with Gasteiger partial charge >= 0.3 is 0 Å². The number of sulfone groups is 1. The van der Waals surface area contributed by atoms with Crippen molar-refractivity contribution in [2.45, 2.75) is 25.3 Å². The van der Waals surface area contributed by atoms with Crippen molar-refractivity contribution in [3.05, 3.63) is 11.8 Å². The minimum absolute atomic E-state index is 0.120. The van der Waals surface area contributed by atoms with Crippen LogP contribution in [-0.2, 0) is 14.6 Å². The lowest BCUT2D eigenvalue weighted by atomic mass is 9.99. The molecule has 2 heterocycles. The fourth-order valence-corrected chi connectivity index (χ4v) is 4.11. The van der Waals surface area contributed by atoms with Gasteiger partial charge in [0, 0.05) is 6.42 Å². The lowest BCUT2D eigenvalue weighted by Crippen LogP contribution is -2.26. The first-order valence-corrected chi connectivity index (χ1v) is 7.18. The molecule has 0 saturated carbocycles. The van der Waals surface area contributed by atoms with E-state index in [1.165, 1.54) is 0 Å². The van der Waals surface area contributed by atoms with Crippen molar-refractivity contribution >= 4 is 9.84 Å². The Labute approximate surface area is 90.4 Å². The Balaban J connectivity index is 1.87. The van der Waals surface area contributed by atoms with Crippen molar-refractivity contribution in [3.63, 3.8) is 0 Å². The van der Waals surface area contributed by atoms with Gasteiger partial charge in [-0.15, -0.1) is 0 Å². The van der Waals surface area contributed by atoms with Gasteiger partial charge in [0.15, 0.2) is 9.84 Å². The zero-order valence-corrected chi connectivity index (χ0v) is 9.50. The van der Waals surface area contributed by atoms with Gasteiger partial charge in [0.1, 0.15) is 5.76 Å². The third-order valence-electron chi connectivity index (χ3n) is 3.01. The molecule has 0 aliphatic carbocycles. The largest absolute Gasteiger partial charge is 0.496 e. The molecule has 1 fully saturated rings. The Bertz CT molecular complexity index is 361.